The Morgan fingerprint density at radius 1 is 1.33 bits per heavy atom. The fourth-order valence-electron chi connectivity index (χ4n) is 2.39. The number of hydrogen-bond acceptors (Lipinski definition) is 6. The largest absolute Gasteiger partial charge is 0.383 e. The minimum Gasteiger partial charge on any atom is -0.383 e. The predicted molar refractivity (Wildman–Crippen MR) is 93.8 cm³/mol. The number of methoxy groups -OCH3 is 1. The second-order valence-electron chi connectivity index (χ2n) is 5.24. The van der Waals surface area contributed by atoms with Gasteiger partial charge in [-0.05, 0) is 18.6 Å². The van der Waals surface area contributed by atoms with E-state index in [1.165, 1.54) is 33.6 Å². The fraction of sp³-hybridized carbons (Fsp3) is 0.800. The zero-order valence-electron chi connectivity index (χ0n) is 13.2. The minimum absolute atomic E-state index is 0.762. The summed E-state index contributed by atoms with van der Waals surface area (Å²) in [5.74, 6) is 2.51. The van der Waals surface area contributed by atoms with Crippen molar-refractivity contribution in [2.24, 2.45) is 0 Å². The second kappa shape index (κ2) is 9.66. The van der Waals surface area contributed by atoms with Gasteiger partial charge in [0.25, 0.3) is 0 Å². The van der Waals surface area contributed by atoms with E-state index in [-0.39, 0.29) is 0 Å². The van der Waals surface area contributed by atoms with Crippen LogP contribution in [0.15, 0.2) is 0 Å². The molecular formula is C15H27N3OS2. The lowest BCUT2D eigenvalue weighted by Crippen LogP contribution is -2.25. The molecule has 1 saturated heterocycles. The highest BCUT2D eigenvalue weighted by Gasteiger charge is 2.17. The van der Waals surface area contributed by atoms with Gasteiger partial charge < -0.3 is 15.0 Å². The number of thioether (sulfide) groups is 1. The normalized spacial score (nSPS) is 16.2. The monoisotopic (exact) mass is 329 g/mol. The van der Waals surface area contributed by atoms with Crippen LogP contribution in [0.5, 0.6) is 0 Å². The van der Waals surface area contributed by atoms with Crippen LogP contribution in [0.3, 0.4) is 0 Å². The Morgan fingerprint density at radius 3 is 3.05 bits per heavy atom. The molecule has 0 saturated carbocycles. The Bertz CT molecular complexity index is 404. The van der Waals surface area contributed by atoms with Gasteiger partial charge in [-0.15, -0.1) is 11.3 Å². The molecule has 0 aromatic carbocycles. The van der Waals surface area contributed by atoms with Crippen molar-refractivity contribution < 1.29 is 4.74 Å². The predicted octanol–water partition coefficient (Wildman–Crippen LogP) is 2.77. The summed E-state index contributed by atoms with van der Waals surface area (Å²) in [5, 5.41) is 4.68. The maximum Gasteiger partial charge on any atom is 0.185 e. The van der Waals surface area contributed by atoms with E-state index in [0.29, 0.717) is 0 Å². The van der Waals surface area contributed by atoms with Gasteiger partial charge in [0.1, 0.15) is 0 Å². The Kier molecular flexibility index (Phi) is 7.85. The molecule has 0 unspecified atom stereocenters. The van der Waals surface area contributed by atoms with Crippen LogP contribution in [0.2, 0.25) is 0 Å². The van der Waals surface area contributed by atoms with E-state index in [4.69, 9.17) is 9.72 Å². The quantitative estimate of drug-likeness (QED) is 0.742. The number of aromatic nitrogens is 1. The maximum absolute atomic E-state index is 5.09. The Hall–Kier alpha value is -0.300. The van der Waals surface area contributed by atoms with Crippen LogP contribution in [0.1, 0.15) is 30.3 Å². The number of nitrogens with one attached hydrogen (secondary N) is 1. The SMILES string of the molecule is CCCc1nc(N2CCCSCC2)sc1CNCCOC. The van der Waals surface area contributed by atoms with Crippen LogP contribution in [0.25, 0.3) is 0 Å². The van der Waals surface area contributed by atoms with Gasteiger partial charge in [-0.3, -0.25) is 0 Å². The first-order valence-electron chi connectivity index (χ1n) is 7.86. The third kappa shape index (κ3) is 5.43. The van der Waals surface area contributed by atoms with Crippen molar-refractivity contribution in [1.82, 2.24) is 10.3 Å². The lowest BCUT2D eigenvalue weighted by Gasteiger charge is -2.18. The van der Waals surface area contributed by atoms with Gasteiger partial charge in [-0.2, -0.15) is 11.8 Å². The summed E-state index contributed by atoms with van der Waals surface area (Å²) in [6.07, 6.45) is 3.51. The van der Waals surface area contributed by atoms with Crippen molar-refractivity contribution in [3.63, 3.8) is 0 Å². The van der Waals surface area contributed by atoms with E-state index >= 15 is 0 Å². The highest BCUT2D eigenvalue weighted by molar-refractivity contribution is 7.99. The molecule has 0 atom stereocenters. The summed E-state index contributed by atoms with van der Waals surface area (Å²) < 4.78 is 5.09. The molecule has 1 aliphatic rings. The average molecular weight is 330 g/mol. The summed E-state index contributed by atoms with van der Waals surface area (Å²) in [4.78, 5) is 8.81. The number of thiazole rings is 1. The van der Waals surface area contributed by atoms with Crippen molar-refractivity contribution in [1.29, 1.82) is 0 Å². The molecule has 0 spiro atoms. The first-order chi connectivity index (χ1) is 10.3. The first kappa shape index (κ1) is 17.1. The first-order valence-corrected chi connectivity index (χ1v) is 9.83. The molecule has 0 radical (unpaired) electrons. The second-order valence-corrected chi connectivity index (χ2v) is 7.53. The van der Waals surface area contributed by atoms with Crippen molar-refractivity contribution in [2.75, 3.05) is 49.8 Å². The topological polar surface area (TPSA) is 37.4 Å². The smallest absolute Gasteiger partial charge is 0.185 e. The molecule has 1 fully saturated rings. The minimum atomic E-state index is 0.762. The molecule has 6 heteroatoms. The number of rotatable bonds is 8. The molecule has 0 bridgehead atoms. The molecule has 1 aromatic heterocycles. The van der Waals surface area contributed by atoms with Crippen molar-refractivity contribution >= 4 is 28.2 Å². The molecule has 0 aliphatic carbocycles. The highest BCUT2D eigenvalue weighted by Crippen LogP contribution is 2.28. The number of hydrogen-bond donors (Lipinski definition) is 1. The summed E-state index contributed by atoms with van der Waals surface area (Å²) >= 11 is 3.94. The van der Waals surface area contributed by atoms with Crippen LogP contribution < -0.4 is 10.2 Å². The third-order valence-corrected chi connectivity index (χ3v) is 5.72. The zero-order valence-corrected chi connectivity index (χ0v) is 14.8. The molecule has 1 aliphatic heterocycles. The van der Waals surface area contributed by atoms with Gasteiger partial charge >= 0.3 is 0 Å². The molecule has 2 rings (SSSR count). The van der Waals surface area contributed by atoms with Crippen molar-refractivity contribution in [3.05, 3.63) is 10.6 Å². The molecular weight excluding hydrogens is 302 g/mol. The van der Waals surface area contributed by atoms with Crippen LogP contribution in [0, 0.1) is 0 Å². The molecule has 21 heavy (non-hydrogen) atoms. The molecule has 0 amide bonds. The number of ether oxygens (including phenoxy) is 1. The van der Waals surface area contributed by atoms with Crippen LogP contribution >= 0.6 is 23.1 Å². The van der Waals surface area contributed by atoms with E-state index in [1.54, 1.807) is 7.11 Å². The third-order valence-electron chi connectivity index (χ3n) is 3.52. The Labute approximate surface area is 136 Å². The van der Waals surface area contributed by atoms with Crippen LogP contribution in [-0.2, 0) is 17.7 Å². The van der Waals surface area contributed by atoms with Gasteiger partial charge in [-0.25, -0.2) is 4.98 Å². The Balaban J connectivity index is 2.00. The zero-order chi connectivity index (χ0) is 14.9. The molecule has 1 N–H and O–H groups in total. The fourth-order valence-corrected chi connectivity index (χ4v) is 4.40. The summed E-state index contributed by atoms with van der Waals surface area (Å²) in [5.41, 5.74) is 1.29. The molecule has 2 heterocycles. The number of nitrogens with zero attached hydrogens (tertiary/aromatic N) is 2. The van der Waals surface area contributed by atoms with Gasteiger partial charge in [0.05, 0.1) is 12.3 Å². The summed E-state index contributed by atoms with van der Waals surface area (Å²) in [7, 11) is 1.74. The van der Waals surface area contributed by atoms with E-state index in [1.807, 2.05) is 11.3 Å². The van der Waals surface area contributed by atoms with Crippen LogP contribution in [-0.4, -0.2) is 49.8 Å². The van der Waals surface area contributed by atoms with Gasteiger partial charge in [-0.1, -0.05) is 13.3 Å². The molecule has 4 nitrogen and oxygen atoms in total. The number of anilines is 1. The van der Waals surface area contributed by atoms with E-state index in [0.717, 1.165) is 45.6 Å². The Morgan fingerprint density at radius 2 is 2.24 bits per heavy atom. The van der Waals surface area contributed by atoms with E-state index < -0.39 is 0 Å². The van der Waals surface area contributed by atoms with E-state index in [9.17, 15) is 0 Å². The summed E-state index contributed by atoms with van der Waals surface area (Å²) in [6, 6.07) is 0. The van der Waals surface area contributed by atoms with Gasteiger partial charge in [0, 0.05) is 43.9 Å². The van der Waals surface area contributed by atoms with Crippen molar-refractivity contribution in [2.45, 2.75) is 32.7 Å². The maximum atomic E-state index is 5.09. The highest BCUT2D eigenvalue weighted by atomic mass is 32.2. The van der Waals surface area contributed by atoms with Crippen molar-refractivity contribution in [3.8, 4) is 0 Å². The molecule has 1 aromatic rings. The standard InChI is InChI=1S/C15H27N3OS2/c1-3-5-13-14(12-16-6-9-19-2)21-15(17-13)18-7-4-10-20-11-8-18/h16H,3-12H2,1-2H3. The van der Waals surface area contributed by atoms with E-state index in [2.05, 4.69) is 28.9 Å². The average Bonchev–Trinajstić information content (AvgIpc) is 2.72. The summed E-state index contributed by atoms with van der Waals surface area (Å²) in [6.45, 7) is 7.10. The lowest BCUT2D eigenvalue weighted by molar-refractivity contribution is 0.199. The molecule has 120 valence electrons. The lowest BCUT2D eigenvalue weighted by atomic mass is 10.2. The van der Waals surface area contributed by atoms with Gasteiger partial charge in [0.2, 0.25) is 0 Å². The van der Waals surface area contributed by atoms with Gasteiger partial charge in [0.15, 0.2) is 5.13 Å². The number of aryl methyl sites for hydroxylation is 1. The van der Waals surface area contributed by atoms with Crippen LogP contribution in [0.4, 0.5) is 5.13 Å².